The Hall–Kier alpha value is -2.20. The average Bonchev–Trinajstić information content (AvgIpc) is 2.36. The molecular weight excluding hydrogens is 280 g/mol. The monoisotopic (exact) mass is 292 g/mol. The number of carbonyl (C=O) groups is 1. The van der Waals surface area contributed by atoms with Gasteiger partial charge in [-0.1, -0.05) is 29.8 Å². The van der Waals surface area contributed by atoms with Gasteiger partial charge in [0.05, 0.1) is 6.42 Å². The quantitative estimate of drug-likeness (QED) is 0.670. The predicted octanol–water partition coefficient (Wildman–Crippen LogP) is 3.29. The lowest BCUT2D eigenvalue weighted by atomic mass is 10.1. The highest BCUT2D eigenvalue weighted by molar-refractivity contribution is 6.31. The fourth-order valence-corrected chi connectivity index (χ4v) is 1.98. The first-order chi connectivity index (χ1) is 9.54. The molecule has 0 aliphatic rings. The summed E-state index contributed by atoms with van der Waals surface area (Å²) in [6, 6.07) is 10.9. The molecule has 5 heteroatoms. The zero-order chi connectivity index (χ0) is 14.5. The minimum absolute atomic E-state index is 0.103. The van der Waals surface area contributed by atoms with Gasteiger partial charge in [0, 0.05) is 23.2 Å². The standard InChI is InChI=1S/C15H13ClO4/c16-14-4-2-1-3-10(14)5-6-15(19)20-13-8-11(17)7-12(18)9-13/h1-4,7-9,17-18H,5-6H2. The Bertz CT molecular complexity index is 605. The van der Waals surface area contributed by atoms with E-state index in [4.69, 9.17) is 16.3 Å². The third-order valence-corrected chi connectivity index (χ3v) is 3.03. The lowest BCUT2D eigenvalue weighted by Crippen LogP contribution is -2.09. The molecule has 0 atom stereocenters. The van der Waals surface area contributed by atoms with E-state index in [9.17, 15) is 15.0 Å². The Kier molecular flexibility index (Phi) is 4.48. The van der Waals surface area contributed by atoms with E-state index in [1.54, 1.807) is 6.07 Å². The minimum atomic E-state index is -0.463. The van der Waals surface area contributed by atoms with Crippen LogP contribution in [-0.4, -0.2) is 16.2 Å². The maximum Gasteiger partial charge on any atom is 0.311 e. The first-order valence-electron chi connectivity index (χ1n) is 6.02. The lowest BCUT2D eigenvalue weighted by molar-refractivity contribution is -0.134. The van der Waals surface area contributed by atoms with Crippen molar-refractivity contribution in [2.45, 2.75) is 12.8 Å². The van der Waals surface area contributed by atoms with Gasteiger partial charge < -0.3 is 14.9 Å². The molecule has 0 heterocycles. The molecule has 2 aromatic carbocycles. The van der Waals surface area contributed by atoms with E-state index >= 15 is 0 Å². The van der Waals surface area contributed by atoms with Crippen LogP contribution >= 0.6 is 11.6 Å². The number of hydrogen-bond donors (Lipinski definition) is 2. The maximum atomic E-state index is 11.7. The number of esters is 1. The Labute approximate surface area is 121 Å². The van der Waals surface area contributed by atoms with Crippen LogP contribution in [0, 0.1) is 0 Å². The van der Waals surface area contributed by atoms with Crippen molar-refractivity contribution in [1.29, 1.82) is 0 Å². The van der Waals surface area contributed by atoms with Gasteiger partial charge in [-0.15, -0.1) is 0 Å². The molecule has 0 saturated carbocycles. The molecule has 104 valence electrons. The van der Waals surface area contributed by atoms with Gasteiger partial charge in [0.25, 0.3) is 0 Å². The number of ether oxygens (including phenoxy) is 1. The van der Waals surface area contributed by atoms with Gasteiger partial charge in [-0.2, -0.15) is 0 Å². The number of hydrogen-bond acceptors (Lipinski definition) is 4. The normalized spacial score (nSPS) is 10.2. The summed E-state index contributed by atoms with van der Waals surface area (Å²) in [6.07, 6.45) is 0.615. The van der Waals surface area contributed by atoms with Crippen LogP contribution in [0.5, 0.6) is 17.2 Å². The van der Waals surface area contributed by atoms with Crippen LogP contribution in [0.4, 0.5) is 0 Å². The SMILES string of the molecule is O=C(CCc1ccccc1Cl)Oc1cc(O)cc(O)c1. The summed E-state index contributed by atoms with van der Waals surface area (Å²) in [4.78, 5) is 11.7. The Morgan fingerprint density at radius 2 is 1.75 bits per heavy atom. The molecule has 0 aliphatic heterocycles. The molecule has 0 amide bonds. The molecule has 0 unspecified atom stereocenters. The topological polar surface area (TPSA) is 66.8 Å². The summed E-state index contributed by atoms with van der Waals surface area (Å²) < 4.78 is 5.04. The third-order valence-electron chi connectivity index (χ3n) is 2.66. The molecule has 20 heavy (non-hydrogen) atoms. The van der Waals surface area contributed by atoms with Crippen molar-refractivity contribution in [2.75, 3.05) is 0 Å². The summed E-state index contributed by atoms with van der Waals surface area (Å²) in [6.45, 7) is 0. The number of benzene rings is 2. The number of phenols is 2. The van der Waals surface area contributed by atoms with Crippen LogP contribution in [-0.2, 0) is 11.2 Å². The summed E-state index contributed by atoms with van der Waals surface area (Å²) in [5.74, 6) is -0.695. The van der Waals surface area contributed by atoms with Crippen molar-refractivity contribution in [1.82, 2.24) is 0 Å². The molecule has 2 rings (SSSR count). The smallest absolute Gasteiger partial charge is 0.311 e. The zero-order valence-electron chi connectivity index (χ0n) is 10.5. The molecule has 0 fully saturated rings. The number of aromatic hydroxyl groups is 2. The molecule has 0 aromatic heterocycles. The van der Waals surface area contributed by atoms with Crippen LogP contribution in [0.1, 0.15) is 12.0 Å². The van der Waals surface area contributed by atoms with Gasteiger partial charge in [0.15, 0.2) is 0 Å². The van der Waals surface area contributed by atoms with E-state index in [0.717, 1.165) is 11.6 Å². The van der Waals surface area contributed by atoms with Crippen LogP contribution < -0.4 is 4.74 Å². The maximum absolute atomic E-state index is 11.7. The number of rotatable bonds is 4. The van der Waals surface area contributed by atoms with Gasteiger partial charge >= 0.3 is 5.97 Å². The predicted molar refractivity (Wildman–Crippen MR) is 75.2 cm³/mol. The van der Waals surface area contributed by atoms with E-state index < -0.39 is 5.97 Å². The van der Waals surface area contributed by atoms with Crippen molar-refractivity contribution in [3.05, 3.63) is 53.1 Å². The van der Waals surface area contributed by atoms with Crippen molar-refractivity contribution in [3.63, 3.8) is 0 Å². The first kappa shape index (κ1) is 14.2. The van der Waals surface area contributed by atoms with Gasteiger partial charge in [-0.3, -0.25) is 4.79 Å². The van der Waals surface area contributed by atoms with E-state index in [-0.39, 0.29) is 23.7 Å². The van der Waals surface area contributed by atoms with Gasteiger partial charge in [0.2, 0.25) is 0 Å². The van der Waals surface area contributed by atoms with Crippen LogP contribution in [0.25, 0.3) is 0 Å². The van der Waals surface area contributed by atoms with Gasteiger partial charge in [-0.25, -0.2) is 0 Å². The number of halogens is 1. The molecule has 0 spiro atoms. The van der Waals surface area contributed by atoms with E-state index in [1.165, 1.54) is 12.1 Å². The largest absolute Gasteiger partial charge is 0.508 e. The van der Waals surface area contributed by atoms with Crippen LogP contribution in [0.15, 0.2) is 42.5 Å². The number of aryl methyl sites for hydroxylation is 1. The number of carbonyl (C=O) groups excluding carboxylic acids is 1. The fraction of sp³-hybridized carbons (Fsp3) is 0.133. The molecule has 0 saturated heterocycles. The lowest BCUT2D eigenvalue weighted by Gasteiger charge is -2.06. The van der Waals surface area contributed by atoms with E-state index in [0.29, 0.717) is 11.4 Å². The third kappa shape index (κ3) is 3.90. The summed E-state index contributed by atoms with van der Waals surface area (Å²) >= 11 is 5.99. The minimum Gasteiger partial charge on any atom is -0.508 e. The molecule has 2 aromatic rings. The summed E-state index contributed by atoms with van der Waals surface area (Å²) in [5, 5.41) is 19.2. The summed E-state index contributed by atoms with van der Waals surface area (Å²) in [5.41, 5.74) is 0.866. The highest BCUT2D eigenvalue weighted by atomic mass is 35.5. The van der Waals surface area contributed by atoms with Crippen molar-refractivity contribution < 1.29 is 19.7 Å². The Balaban J connectivity index is 1.94. The second-order valence-electron chi connectivity index (χ2n) is 4.25. The van der Waals surface area contributed by atoms with Gasteiger partial charge in [-0.05, 0) is 18.1 Å². The summed E-state index contributed by atoms with van der Waals surface area (Å²) in [7, 11) is 0. The second kappa shape index (κ2) is 6.30. The fourth-order valence-electron chi connectivity index (χ4n) is 1.75. The number of phenolic OH excluding ortho intramolecular Hbond substituents is 2. The van der Waals surface area contributed by atoms with Crippen LogP contribution in [0.3, 0.4) is 0 Å². The van der Waals surface area contributed by atoms with Crippen molar-refractivity contribution in [3.8, 4) is 17.2 Å². The molecule has 0 radical (unpaired) electrons. The zero-order valence-corrected chi connectivity index (χ0v) is 11.3. The first-order valence-corrected chi connectivity index (χ1v) is 6.39. The van der Waals surface area contributed by atoms with Crippen molar-refractivity contribution >= 4 is 17.6 Å². The van der Waals surface area contributed by atoms with E-state index in [1.807, 2.05) is 18.2 Å². The highest BCUT2D eigenvalue weighted by Crippen LogP contribution is 2.26. The van der Waals surface area contributed by atoms with Gasteiger partial charge in [0.1, 0.15) is 17.2 Å². The highest BCUT2D eigenvalue weighted by Gasteiger charge is 2.09. The Morgan fingerprint density at radius 3 is 2.40 bits per heavy atom. The second-order valence-corrected chi connectivity index (χ2v) is 4.66. The molecule has 2 N–H and O–H groups in total. The molecule has 4 nitrogen and oxygen atoms in total. The van der Waals surface area contributed by atoms with E-state index in [2.05, 4.69) is 0 Å². The molecule has 0 aliphatic carbocycles. The molecule has 0 bridgehead atoms. The van der Waals surface area contributed by atoms with Crippen molar-refractivity contribution in [2.24, 2.45) is 0 Å². The Morgan fingerprint density at radius 1 is 1.10 bits per heavy atom. The average molecular weight is 293 g/mol. The van der Waals surface area contributed by atoms with Crippen LogP contribution in [0.2, 0.25) is 5.02 Å². The molecular formula is C15H13ClO4.